The molecule has 0 unspecified atom stereocenters. The van der Waals surface area contributed by atoms with Crippen molar-refractivity contribution in [3.05, 3.63) is 59.7 Å². The van der Waals surface area contributed by atoms with E-state index in [4.69, 9.17) is 9.47 Å². The minimum absolute atomic E-state index is 0.0400. The number of carbonyl (C=O) groups is 2. The molecule has 2 amide bonds. The van der Waals surface area contributed by atoms with Crippen LogP contribution < -0.4 is 14.8 Å². The van der Waals surface area contributed by atoms with Crippen LogP contribution in [0.1, 0.15) is 44.2 Å². The van der Waals surface area contributed by atoms with Crippen LogP contribution in [0.3, 0.4) is 0 Å². The second kappa shape index (κ2) is 14.5. The van der Waals surface area contributed by atoms with Crippen molar-refractivity contribution < 1.29 is 19.1 Å². The average molecular weight is 473 g/mol. The maximum atomic E-state index is 13.3. The van der Waals surface area contributed by atoms with Crippen LogP contribution >= 0.6 is 11.8 Å². The Balaban J connectivity index is 2.08. The van der Waals surface area contributed by atoms with Crippen molar-refractivity contribution in [1.82, 2.24) is 10.2 Å². The van der Waals surface area contributed by atoms with E-state index in [0.717, 1.165) is 35.5 Å². The maximum Gasteiger partial charge on any atom is 0.242 e. The van der Waals surface area contributed by atoms with Crippen molar-refractivity contribution in [1.29, 1.82) is 0 Å². The highest BCUT2D eigenvalue weighted by Crippen LogP contribution is 2.20. The highest BCUT2D eigenvalue weighted by atomic mass is 32.2. The van der Waals surface area contributed by atoms with E-state index in [0.29, 0.717) is 31.0 Å². The van der Waals surface area contributed by atoms with E-state index in [2.05, 4.69) is 12.2 Å². The van der Waals surface area contributed by atoms with E-state index in [1.807, 2.05) is 55.5 Å². The van der Waals surface area contributed by atoms with Gasteiger partial charge in [0.15, 0.2) is 0 Å². The van der Waals surface area contributed by atoms with Gasteiger partial charge in [-0.1, -0.05) is 44.5 Å². The maximum absolute atomic E-state index is 13.3. The van der Waals surface area contributed by atoms with Crippen molar-refractivity contribution in [3.8, 4) is 11.5 Å². The lowest BCUT2D eigenvalue weighted by Gasteiger charge is -2.30. The fourth-order valence-electron chi connectivity index (χ4n) is 3.41. The van der Waals surface area contributed by atoms with E-state index in [1.54, 1.807) is 30.9 Å². The molecule has 7 heteroatoms. The Labute approximate surface area is 202 Å². The highest BCUT2D eigenvalue weighted by Gasteiger charge is 2.28. The molecule has 0 aliphatic rings. The third-order valence-electron chi connectivity index (χ3n) is 5.38. The molecule has 0 radical (unpaired) electrons. The monoisotopic (exact) mass is 472 g/mol. The zero-order valence-corrected chi connectivity index (χ0v) is 21.0. The van der Waals surface area contributed by atoms with Crippen molar-refractivity contribution >= 4 is 23.6 Å². The average Bonchev–Trinajstić information content (AvgIpc) is 2.84. The third-order valence-corrected chi connectivity index (χ3v) is 6.37. The number of ether oxygens (including phenoxy) is 2. The van der Waals surface area contributed by atoms with Crippen molar-refractivity contribution in [2.24, 2.45) is 0 Å². The molecule has 2 rings (SSSR count). The Bertz CT molecular complexity index is 856. The van der Waals surface area contributed by atoms with Gasteiger partial charge in [-0.2, -0.15) is 0 Å². The number of thioether (sulfide) groups is 1. The molecule has 2 aromatic carbocycles. The summed E-state index contributed by atoms with van der Waals surface area (Å²) in [6.07, 6.45) is 2.49. The summed E-state index contributed by atoms with van der Waals surface area (Å²) < 4.78 is 10.4. The molecular formula is C26H36N2O4S. The molecule has 33 heavy (non-hydrogen) atoms. The summed E-state index contributed by atoms with van der Waals surface area (Å²) in [5.41, 5.74) is 2.09. The summed E-state index contributed by atoms with van der Waals surface area (Å²) in [6, 6.07) is 15.0. The molecule has 1 atom stereocenters. The number of nitrogens with zero attached hydrogens (tertiary/aromatic N) is 1. The predicted octanol–water partition coefficient (Wildman–Crippen LogP) is 4.66. The number of rotatable bonds is 14. The van der Waals surface area contributed by atoms with Crippen LogP contribution in [0.25, 0.3) is 0 Å². The van der Waals surface area contributed by atoms with Crippen LogP contribution in [0.2, 0.25) is 0 Å². The van der Waals surface area contributed by atoms with Gasteiger partial charge in [-0.3, -0.25) is 9.59 Å². The minimum atomic E-state index is -0.502. The Kier molecular flexibility index (Phi) is 11.7. The first kappa shape index (κ1) is 26.6. The number of amides is 2. The van der Waals surface area contributed by atoms with Gasteiger partial charge < -0.3 is 19.7 Å². The number of carbonyl (C=O) groups excluding carboxylic acids is 2. The van der Waals surface area contributed by atoms with Gasteiger partial charge >= 0.3 is 0 Å². The molecule has 0 heterocycles. The van der Waals surface area contributed by atoms with Gasteiger partial charge in [-0.25, -0.2) is 0 Å². The van der Waals surface area contributed by atoms with Gasteiger partial charge in [0.1, 0.15) is 17.5 Å². The lowest BCUT2D eigenvalue weighted by molar-refractivity contribution is -0.139. The molecule has 6 nitrogen and oxygen atoms in total. The number of unbranched alkanes of at least 4 members (excludes halogenated alkanes) is 1. The van der Waals surface area contributed by atoms with Gasteiger partial charge in [0.05, 0.1) is 20.0 Å². The summed E-state index contributed by atoms with van der Waals surface area (Å²) in [5, 5.41) is 3.00. The first-order chi connectivity index (χ1) is 16.0. The molecule has 0 aliphatic carbocycles. The third kappa shape index (κ3) is 8.65. The number of benzene rings is 2. The summed E-state index contributed by atoms with van der Waals surface area (Å²) in [7, 11) is 3.26. The summed E-state index contributed by atoms with van der Waals surface area (Å²) in [4.78, 5) is 27.9. The van der Waals surface area contributed by atoms with Crippen LogP contribution in [0.5, 0.6) is 11.5 Å². The standard InChI is InChI=1S/C26H36N2O4S/c1-5-7-16-27-26(30)24(6-2)28(17-20-8-12-22(31-3)13-9-20)25(29)19-33-18-21-10-14-23(32-4)15-11-21/h8-15,24H,5-7,16-19H2,1-4H3,(H,27,30)/t24-/m0/s1. The van der Waals surface area contributed by atoms with Gasteiger partial charge in [0, 0.05) is 18.8 Å². The van der Waals surface area contributed by atoms with E-state index in [9.17, 15) is 9.59 Å². The summed E-state index contributed by atoms with van der Waals surface area (Å²) >= 11 is 1.55. The summed E-state index contributed by atoms with van der Waals surface area (Å²) in [6.45, 7) is 5.04. The SMILES string of the molecule is CCCCNC(=O)[C@H](CC)N(Cc1ccc(OC)cc1)C(=O)CSCc1ccc(OC)cc1. The Morgan fingerprint density at radius 2 is 1.52 bits per heavy atom. The molecular weight excluding hydrogens is 436 g/mol. The fourth-order valence-corrected chi connectivity index (χ4v) is 4.28. The number of methoxy groups -OCH3 is 2. The topological polar surface area (TPSA) is 67.9 Å². The zero-order valence-electron chi connectivity index (χ0n) is 20.1. The van der Waals surface area contributed by atoms with E-state index in [1.165, 1.54) is 0 Å². The molecule has 0 bridgehead atoms. The van der Waals surface area contributed by atoms with Gasteiger partial charge in [-0.15, -0.1) is 11.8 Å². The highest BCUT2D eigenvalue weighted by molar-refractivity contribution is 7.99. The van der Waals surface area contributed by atoms with E-state index in [-0.39, 0.29) is 11.8 Å². The van der Waals surface area contributed by atoms with E-state index < -0.39 is 6.04 Å². The molecule has 180 valence electrons. The Morgan fingerprint density at radius 3 is 2.03 bits per heavy atom. The Morgan fingerprint density at radius 1 is 0.939 bits per heavy atom. The normalized spacial score (nSPS) is 11.5. The largest absolute Gasteiger partial charge is 0.497 e. The molecule has 0 aliphatic heterocycles. The molecule has 0 spiro atoms. The van der Waals surface area contributed by atoms with Crippen LogP contribution in [0.4, 0.5) is 0 Å². The van der Waals surface area contributed by atoms with Crippen LogP contribution in [0.15, 0.2) is 48.5 Å². The lowest BCUT2D eigenvalue weighted by Crippen LogP contribution is -2.49. The smallest absolute Gasteiger partial charge is 0.242 e. The minimum Gasteiger partial charge on any atom is -0.497 e. The van der Waals surface area contributed by atoms with E-state index >= 15 is 0 Å². The van der Waals surface area contributed by atoms with Crippen LogP contribution in [0, 0.1) is 0 Å². The number of hydrogen-bond acceptors (Lipinski definition) is 5. The fraction of sp³-hybridized carbons (Fsp3) is 0.462. The quantitative estimate of drug-likeness (QED) is 0.405. The lowest BCUT2D eigenvalue weighted by atomic mass is 10.1. The second-order valence-electron chi connectivity index (χ2n) is 7.78. The molecule has 0 aromatic heterocycles. The predicted molar refractivity (Wildman–Crippen MR) is 135 cm³/mol. The number of nitrogens with one attached hydrogen (secondary N) is 1. The van der Waals surface area contributed by atoms with Crippen molar-refractivity contribution in [2.45, 2.75) is 51.4 Å². The van der Waals surface area contributed by atoms with Crippen LogP contribution in [-0.2, 0) is 21.9 Å². The first-order valence-corrected chi connectivity index (χ1v) is 12.6. The first-order valence-electron chi connectivity index (χ1n) is 11.4. The molecule has 2 aromatic rings. The van der Waals surface area contributed by atoms with Gasteiger partial charge in [-0.05, 0) is 48.2 Å². The number of hydrogen-bond donors (Lipinski definition) is 1. The van der Waals surface area contributed by atoms with Crippen LogP contribution in [-0.4, -0.2) is 49.3 Å². The Hall–Kier alpha value is -2.67. The molecule has 0 fully saturated rings. The van der Waals surface area contributed by atoms with Gasteiger partial charge in [0.25, 0.3) is 0 Å². The second-order valence-corrected chi connectivity index (χ2v) is 8.76. The van der Waals surface area contributed by atoms with Gasteiger partial charge in [0.2, 0.25) is 11.8 Å². The zero-order chi connectivity index (χ0) is 24.1. The molecule has 1 N–H and O–H groups in total. The molecule has 0 saturated carbocycles. The summed E-state index contributed by atoms with van der Waals surface area (Å²) in [5.74, 6) is 2.46. The molecule has 0 saturated heterocycles. The van der Waals surface area contributed by atoms with Crippen molar-refractivity contribution in [3.63, 3.8) is 0 Å². The van der Waals surface area contributed by atoms with Crippen molar-refractivity contribution in [2.75, 3.05) is 26.5 Å².